The largest absolute Gasteiger partial charge is 0.326 e. The summed E-state index contributed by atoms with van der Waals surface area (Å²) < 4.78 is 15.0. The van der Waals surface area contributed by atoms with Crippen LogP contribution in [0.5, 0.6) is 0 Å². The summed E-state index contributed by atoms with van der Waals surface area (Å²) in [4.78, 5) is 12.4. The van der Waals surface area contributed by atoms with Crippen molar-refractivity contribution in [2.75, 3.05) is 5.32 Å². The molecule has 0 unspecified atom stereocenters. The third kappa shape index (κ3) is 4.35. The Morgan fingerprint density at radius 2 is 1.85 bits per heavy atom. The Balaban J connectivity index is 1.92. The molecule has 1 aromatic heterocycles. The van der Waals surface area contributed by atoms with Crippen molar-refractivity contribution in [3.05, 3.63) is 59.0 Å². The molecule has 0 bridgehead atoms. The first-order valence-corrected chi connectivity index (χ1v) is 9.14. The number of nitrogens with one attached hydrogen (secondary N) is 1. The number of halogens is 1. The van der Waals surface area contributed by atoms with Crippen molar-refractivity contribution in [1.82, 2.24) is 9.78 Å². The first kappa shape index (κ1) is 19.1. The van der Waals surface area contributed by atoms with Gasteiger partial charge in [-0.3, -0.25) is 9.48 Å². The molecule has 0 radical (unpaired) electrons. The molecule has 0 fully saturated rings. The van der Waals surface area contributed by atoms with E-state index in [2.05, 4.69) is 31.2 Å². The first-order valence-electron chi connectivity index (χ1n) is 9.14. The van der Waals surface area contributed by atoms with Crippen molar-refractivity contribution in [1.29, 1.82) is 0 Å². The van der Waals surface area contributed by atoms with Gasteiger partial charge in [-0.05, 0) is 54.2 Å². The topological polar surface area (TPSA) is 46.9 Å². The number of aromatic nitrogens is 2. The van der Waals surface area contributed by atoms with E-state index in [1.165, 1.54) is 12.1 Å². The maximum Gasteiger partial charge on any atom is 0.224 e. The highest BCUT2D eigenvalue weighted by atomic mass is 19.1. The number of hydrogen-bond donors (Lipinski definition) is 1. The summed E-state index contributed by atoms with van der Waals surface area (Å²) in [7, 11) is 0. The third-order valence-electron chi connectivity index (χ3n) is 4.61. The Kier molecular flexibility index (Phi) is 5.05. The highest BCUT2D eigenvalue weighted by Gasteiger charge is 2.19. The number of hydrogen-bond acceptors (Lipinski definition) is 2. The molecule has 3 rings (SSSR count). The monoisotopic (exact) mass is 367 g/mol. The third-order valence-corrected chi connectivity index (χ3v) is 4.61. The van der Waals surface area contributed by atoms with Gasteiger partial charge in [0.05, 0.1) is 18.3 Å². The zero-order valence-electron chi connectivity index (χ0n) is 16.6. The molecular weight excluding hydrogens is 341 g/mol. The van der Waals surface area contributed by atoms with Gasteiger partial charge in [0.1, 0.15) is 5.82 Å². The minimum atomic E-state index is -0.244. The molecule has 0 saturated heterocycles. The summed E-state index contributed by atoms with van der Waals surface area (Å²) in [5.74, 6) is -0.224. The second kappa shape index (κ2) is 7.14. The van der Waals surface area contributed by atoms with E-state index in [1.54, 1.807) is 12.1 Å². The molecule has 5 heteroatoms. The van der Waals surface area contributed by atoms with Crippen LogP contribution in [0.25, 0.3) is 10.9 Å². The summed E-state index contributed by atoms with van der Waals surface area (Å²) in [6.07, 6.45) is 2.29. The number of amides is 1. The normalized spacial score (nSPS) is 11.8. The molecular formula is C22H26FN3O. The van der Waals surface area contributed by atoms with Gasteiger partial charge in [0.25, 0.3) is 0 Å². The van der Waals surface area contributed by atoms with Gasteiger partial charge in [0, 0.05) is 17.5 Å². The fourth-order valence-corrected chi connectivity index (χ4v) is 3.29. The van der Waals surface area contributed by atoms with Crippen LogP contribution in [0.3, 0.4) is 0 Å². The highest BCUT2D eigenvalue weighted by Crippen LogP contribution is 2.30. The van der Waals surface area contributed by atoms with E-state index < -0.39 is 0 Å². The lowest BCUT2D eigenvalue weighted by molar-refractivity contribution is -0.117. The van der Waals surface area contributed by atoms with Gasteiger partial charge in [-0.15, -0.1) is 0 Å². The molecule has 0 saturated carbocycles. The molecule has 3 aromatic rings. The van der Waals surface area contributed by atoms with Crippen molar-refractivity contribution in [3.8, 4) is 0 Å². The molecule has 0 aliphatic heterocycles. The molecule has 142 valence electrons. The highest BCUT2D eigenvalue weighted by molar-refractivity contribution is 5.97. The number of fused-ring (bicyclic) bond motifs is 1. The number of nitrogens with zero attached hydrogens (tertiary/aromatic N) is 2. The minimum Gasteiger partial charge on any atom is -0.326 e. The molecule has 2 aromatic carbocycles. The minimum absolute atomic E-state index is 0.0201. The van der Waals surface area contributed by atoms with Crippen LogP contribution in [0, 0.1) is 25.1 Å². The number of carbonyl (C=O) groups is 1. The summed E-state index contributed by atoms with van der Waals surface area (Å²) in [6, 6.07) is 8.50. The van der Waals surface area contributed by atoms with E-state index in [-0.39, 0.29) is 17.1 Å². The molecule has 0 aliphatic carbocycles. The molecule has 1 amide bonds. The Morgan fingerprint density at radius 3 is 2.48 bits per heavy atom. The molecule has 0 atom stereocenters. The van der Waals surface area contributed by atoms with Crippen LogP contribution in [0.4, 0.5) is 10.1 Å². The summed E-state index contributed by atoms with van der Waals surface area (Å²) in [5.41, 5.74) is 4.80. The Bertz CT molecular complexity index is 981. The quantitative estimate of drug-likeness (QED) is 0.687. The van der Waals surface area contributed by atoms with E-state index in [4.69, 9.17) is 0 Å². The number of rotatable bonds is 4. The van der Waals surface area contributed by atoms with E-state index in [0.29, 0.717) is 13.0 Å². The number of aryl methyl sites for hydroxylation is 2. The van der Waals surface area contributed by atoms with Crippen LogP contribution in [0.2, 0.25) is 0 Å². The molecule has 4 nitrogen and oxygen atoms in total. The van der Waals surface area contributed by atoms with Gasteiger partial charge in [-0.1, -0.05) is 32.9 Å². The smallest absolute Gasteiger partial charge is 0.224 e. The maximum absolute atomic E-state index is 13.1. The van der Waals surface area contributed by atoms with Gasteiger partial charge in [-0.2, -0.15) is 5.10 Å². The van der Waals surface area contributed by atoms with Crippen LogP contribution in [-0.2, 0) is 11.3 Å². The molecule has 1 heterocycles. The zero-order chi connectivity index (χ0) is 19.8. The van der Waals surface area contributed by atoms with E-state index in [9.17, 15) is 9.18 Å². The molecule has 0 aliphatic rings. The van der Waals surface area contributed by atoms with E-state index in [1.807, 2.05) is 30.8 Å². The molecule has 0 spiro atoms. The van der Waals surface area contributed by atoms with Crippen molar-refractivity contribution >= 4 is 22.5 Å². The Labute approximate surface area is 159 Å². The van der Waals surface area contributed by atoms with Crippen LogP contribution >= 0.6 is 0 Å². The van der Waals surface area contributed by atoms with Crippen LogP contribution in [0.1, 0.15) is 43.9 Å². The van der Waals surface area contributed by atoms with E-state index >= 15 is 0 Å². The number of benzene rings is 2. The summed E-state index contributed by atoms with van der Waals surface area (Å²) in [5, 5.41) is 8.59. The Morgan fingerprint density at radius 1 is 1.19 bits per heavy atom. The average Bonchev–Trinajstić information content (AvgIpc) is 2.95. The lowest BCUT2D eigenvalue weighted by Crippen LogP contribution is -2.20. The average molecular weight is 367 g/mol. The predicted molar refractivity (Wildman–Crippen MR) is 107 cm³/mol. The second-order valence-electron chi connectivity index (χ2n) is 8.34. The zero-order valence-corrected chi connectivity index (χ0v) is 16.6. The second-order valence-corrected chi connectivity index (χ2v) is 8.34. The maximum atomic E-state index is 13.1. The fourth-order valence-electron chi connectivity index (χ4n) is 3.29. The summed E-state index contributed by atoms with van der Waals surface area (Å²) in [6.45, 7) is 10.7. The van der Waals surface area contributed by atoms with Crippen LogP contribution in [-0.4, -0.2) is 15.7 Å². The Hall–Kier alpha value is -2.69. The lowest BCUT2D eigenvalue weighted by atomic mass is 9.92. The van der Waals surface area contributed by atoms with Gasteiger partial charge in [0.15, 0.2) is 0 Å². The fraction of sp³-hybridized carbons (Fsp3) is 0.364. The molecule has 1 N–H and O–H groups in total. The van der Waals surface area contributed by atoms with Gasteiger partial charge in [0.2, 0.25) is 5.91 Å². The number of carbonyl (C=O) groups excluding carboxylic acids is 1. The predicted octanol–water partition coefficient (Wildman–Crippen LogP) is 5.22. The van der Waals surface area contributed by atoms with Crippen molar-refractivity contribution in [3.63, 3.8) is 0 Å². The standard InChI is InChI=1S/C22H26FN3O/c1-14-10-19-18(15(2)21(14)25-20(27)11-22(3,4)5)12-24-26(19)13-16-6-8-17(23)9-7-16/h6-10,12H,11,13H2,1-5H3,(H,25,27). The van der Waals surface area contributed by atoms with Crippen LogP contribution in [0.15, 0.2) is 36.5 Å². The van der Waals surface area contributed by atoms with Crippen molar-refractivity contribution in [2.24, 2.45) is 5.41 Å². The van der Waals surface area contributed by atoms with Gasteiger partial charge in [-0.25, -0.2) is 4.39 Å². The lowest BCUT2D eigenvalue weighted by Gasteiger charge is -2.19. The summed E-state index contributed by atoms with van der Waals surface area (Å²) >= 11 is 0. The first-order chi connectivity index (χ1) is 12.6. The van der Waals surface area contributed by atoms with Gasteiger partial charge < -0.3 is 5.32 Å². The SMILES string of the molecule is Cc1cc2c(cnn2Cc2ccc(F)cc2)c(C)c1NC(=O)CC(C)(C)C. The van der Waals surface area contributed by atoms with Crippen molar-refractivity contribution < 1.29 is 9.18 Å². The van der Waals surface area contributed by atoms with Crippen molar-refractivity contribution in [2.45, 2.75) is 47.6 Å². The van der Waals surface area contributed by atoms with E-state index in [0.717, 1.165) is 33.3 Å². The molecule has 27 heavy (non-hydrogen) atoms. The number of anilines is 1. The van der Waals surface area contributed by atoms with Crippen LogP contribution < -0.4 is 5.32 Å². The van der Waals surface area contributed by atoms with Gasteiger partial charge >= 0.3 is 0 Å².